The second kappa shape index (κ2) is 4.82. The maximum Gasteiger partial charge on any atom is 0.119 e. The Labute approximate surface area is 77.0 Å². The van der Waals surface area contributed by atoms with Crippen LogP contribution in [0, 0.1) is 0 Å². The molecule has 0 bridgehead atoms. The van der Waals surface area contributed by atoms with Gasteiger partial charge in [0.1, 0.15) is 18.5 Å². The molecule has 0 aliphatic carbocycles. The first-order valence-corrected chi connectivity index (χ1v) is 4.24. The lowest BCUT2D eigenvalue weighted by Crippen LogP contribution is -1.99. The summed E-state index contributed by atoms with van der Waals surface area (Å²) in [5.74, 6) is 0.734. The summed E-state index contributed by atoms with van der Waals surface area (Å²) in [6.45, 7) is 1.74. The van der Waals surface area contributed by atoms with Crippen LogP contribution in [0.15, 0.2) is 24.3 Å². The van der Waals surface area contributed by atoms with Crippen molar-refractivity contribution in [3.05, 3.63) is 29.8 Å². The molecule has 3 heteroatoms. The van der Waals surface area contributed by atoms with Crippen LogP contribution in [0.4, 0.5) is 4.39 Å². The molecular weight excluding hydrogens is 171 g/mol. The molecule has 0 fully saturated rings. The second-order valence-electron chi connectivity index (χ2n) is 2.67. The summed E-state index contributed by atoms with van der Waals surface area (Å²) in [4.78, 5) is 0. The minimum Gasteiger partial charge on any atom is -0.494 e. The summed E-state index contributed by atoms with van der Waals surface area (Å²) in [5, 5.41) is 9.13. The lowest BCUT2D eigenvalue weighted by molar-refractivity contribution is 0.141. The van der Waals surface area contributed by atoms with Crippen molar-refractivity contribution in [2.75, 3.05) is 13.3 Å². The molecule has 0 saturated heterocycles. The van der Waals surface area contributed by atoms with Gasteiger partial charge in [-0.15, -0.1) is 0 Å². The molecule has 1 aromatic carbocycles. The number of aliphatic hydroxyl groups excluding tert-OH is 1. The highest BCUT2D eigenvalue weighted by Crippen LogP contribution is 2.17. The lowest BCUT2D eigenvalue weighted by atomic mass is 10.1. The summed E-state index contributed by atoms with van der Waals surface area (Å²) in [7, 11) is 0. The van der Waals surface area contributed by atoms with Crippen LogP contribution in [-0.2, 0) is 0 Å². The van der Waals surface area contributed by atoms with E-state index in [9.17, 15) is 4.39 Å². The zero-order valence-electron chi connectivity index (χ0n) is 7.53. The molecule has 0 aromatic heterocycles. The molecule has 0 aliphatic heterocycles. The number of aliphatic hydroxyl groups is 1. The average molecular weight is 184 g/mol. The van der Waals surface area contributed by atoms with E-state index in [0.717, 1.165) is 5.75 Å². The summed E-state index contributed by atoms with van der Waals surface area (Å²) in [5.41, 5.74) is 0.575. The fourth-order valence-electron chi connectivity index (χ4n) is 1.04. The van der Waals surface area contributed by atoms with Gasteiger partial charge in [-0.25, -0.2) is 4.39 Å². The van der Waals surface area contributed by atoms with Crippen LogP contribution in [0.1, 0.15) is 18.6 Å². The van der Waals surface area contributed by atoms with Crippen LogP contribution < -0.4 is 4.74 Å². The van der Waals surface area contributed by atoms with E-state index in [1.54, 1.807) is 24.3 Å². The van der Waals surface area contributed by atoms with Crippen LogP contribution in [0.5, 0.6) is 5.75 Å². The monoisotopic (exact) mass is 184 g/mol. The molecule has 72 valence electrons. The third-order valence-corrected chi connectivity index (χ3v) is 1.72. The topological polar surface area (TPSA) is 29.5 Å². The zero-order chi connectivity index (χ0) is 9.68. The molecular formula is C10H13FO2. The molecule has 0 radical (unpaired) electrons. The van der Waals surface area contributed by atoms with Crippen molar-refractivity contribution < 1.29 is 14.2 Å². The Balaban J connectivity index is 2.69. The summed E-state index contributed by atoms with van der Waals surface area (Å²) >= 11 is 0. The number of hydrogen-bond donors (Lipinski definition) is 1. The molecule has 2 nitrogen and oxygen atoms in total. The molecule has 0 amide bonds. The molecule has 1 N–H and O–H groups in total. The van der Waals surface area contributed by atoms with Crippen molar-refractivity contribution in [3.63, 3.8) is 0 Å². The third-order valence-electron chi connectivity index (χ3n) is 1.72. The summed E-state index contributed by atoms with van der Waals surface area (Å²) in [6, 6.07) is 6.76. The smallest absolute Gasteiger partial charge is 0.119 e. The Kier molecular flexibility index (Phi) is 3.71. The Bertz CT molecular complexity index is 246. The van der Waals surface area contributed by atoms with Crippen molar-refractivity contribution in [2.45, 2.75) is 13.0 Å². The molecule has 1 unspecified atom stereocenters. The van der Waals surface area contributed by atoms with Gasteiger partial charge < -0.3 is 9.84 Å². The molecule has 1 rings (SSSR count). The van der Waals surface area contributed by atoms with Crippen molar-refractivity contribution in [1.29, 1.82) is 0 Å². The largest absolute Gasteiger partial charge is 0.494 e. The van der Waals surface area contributed by atoms with Gasteiger partial charge in [0.25, 0.3) is 0 Å². The first kappa shape index (κ1) is 9.99. The predicted octanol–water partition coefficient (Wildman–Crippen LogP) is 2.09. The Hall–Kier alpha value is -1.09. The normalized spacial score (nSPS) is 12.5. The number of benzene rings is 1. The van der Waals surface area contributed by atoms with E-state index in [1.807, 2.05) is 6.92 Å². The van der Waals surface area contributed by atoms with Gasteiger partial charge in [0.15, 0.2) is 0 Å². The Morgan fingerprint density at radius 2 is 2.00 bits per heavy atom. The first-order chi connectivity index (χ1) is 6.27. The highest BCUT2D eigenvalue weighted by atomic mass is 19.1. The number of alkyl halides is 1. The molecule has 13 heavy (non-hydrogen) atoms. The van der Waals surface area contributed by atoms with Crippen molar-refractivity contribution >= 4 is 0 Å². The van der Waals surface area contributed by atoms with Crippen LogP contribution in [-0.4, -0.2) is 18.4 Å². The summed E-state index contributed by atoms with van der Waals surface area (Å²) < 4.78 is 17.2. The Morgan fingerprint density at radius 3 is 2.46 bits per heavy atom. The minimum absolute atomic E-state index is 0.575. The number of ether oxygens (including phenoxy) is 1. The molecule has 0 aliphatic rings. The van der Waals surface area contributed by atoms with Gasteiger partial charge in [-0.1, -0.05) is 12.1 Å². The van der Waals surface area contributed by atoms with E-state index in [2.05, 4.69) is 0 Å². The van der Waals surface area contributed by atoms with Crippen LogP contribution in [0.2, 0.25) is 0 Å². The highest BCUT2D eigenvalue weighted by Gasteiger charge is 2.05. The van der Waals surface area contributed by atoms with Crippen LogP contribution in [0.3, 0.4) is 0 Å². The highest BCUT2D eigenvalue weighted by molar-refractivity contribution is 5.28. The van der Waals surface area contributed by atoms with Crippen LogP contribution in [0.25, 0.3) is 0 Å². The minimum atomic E-state index is -1.02. The van der Waals surface area contributed by atoms with Gasteiger partial charge in [0.2, 0.25) is 0 Å². The van der Waals surface area contributed by atoms with Gasteiger partial charge in [-0.3, -0.25) is 0 Å². The standard InChI is InChI=1S/C10H13FO2/c1-2-13-9-5-3-8(4-6-9)10(12)7-11/h3-6,10,12H,2,7H2,1H3. The lowest BCUT2D eigenvalue weighted by Gasteiger charge is -2.07. The van der Waals surface area contributed by atoms with E-state index < -0.39 is 12.8 Å². The fourth-order valence-corrected chi connectivity index (χ4v) is 1.04. The van der Waals surface area contributed by atoms with E-state index in [1.165, 1.54) is 0 Å². The van der Waals surface area contributed by atoms with Crippen molar-refractivity contribution in [2.24, 2.45) is 0 Å². The second-order valence-corrected chi connectivity index (χ2v) is 2.67. The average Bonchev–Trinajstić information content (AvgIpc) is 2.18. The number of rotatable bonds is 4. The maximum atomic E-state index is 12.0. The van der Waals surface area contributed by atoms with Gasteiger partial charge in [0.05, 0.1) is 6.61 Å². The van der Waals surface area contributed by atoms with E-state index in [0.29, 0.717) is 12.2 Å². The van der Waals surface area contributed by atoms with E-state index in [4.69, 9.17) is 9.84 Å². The van der Waals surface area contributed by atoms with Gasteiger partial charge in [-0.2, -0.15) is 0 Å². The molecule has 0 saturated carbocycles. The zero-order valence-corrected chi connectivity index (χ0v) is 7.53. The predicted molar refractivity (Wildman–Crippen MR) is 48.5 cm³/mol. The van der Waals surface area contributed by atoms with Gasteiger partial charge in [0, 0.05) is 0 Å². The summed E-state index contributed by atoms with van der Waals surface area (Å²) in [6.07, 6.45) is -1.02. The first-order valence-electron chi connectivity index (χ1n) is 4.24. The van der Waals surface area contributed by atoms with E-state index >= 15 is 0 Å². The number of hydrogen-bond acceptors (Lipinski definition) is 2. The SMILES string of the molecule is CCOc1ccc(C(O)CF)cc1. The Morgan fingerprint density at radius 1 is 1.38 bits per heavy atom. The maximum absolute atomic E-state index is 12.0. The fraction of sp³-hybridized carbons (Fsp3) is 0.400. The van der Waals surface area contributed by atoms with Crippen LogP contribution >= 0.6 is 0 Å². The third kappa shape index (κ3) is 2.70. The van der Waals surface area contributed by atoms with E-state index in [-0.39, 0.29) is 0 Å². The van der Waals surface area contributed by atoms with Crippen molar-refractivity contribution in [1.82, 2.24) is 0 Å². The van der Waals surface area contributed by atoms with Gasteiger partial charge >= 0.3 is 0 Å². The molecule has 0 heterocycles. The molecule has 1 aromatic rings. The van der Waals surface area contributed by atoms with Gasteiger partial charge in [-0.05, 0) is 24.6 Å². The molecule has 0 spiro atoms. The molecule has 1 atom stereocenters. The van der Waals surface area contributed by atoms with Crippen molar-refractivity contribution in [3.8, 4) is 5.75 Å². The number of halogens is 1. The quantitative estimate of drug-likeness (QED) is 0.776.